The van der Waals surface area contributed by atoms with Crippen molar-refractivity contribution in [2.45, 2.75) is 19.5 Å². The minimum Gasteiger partial charge on any atom is -0.384 e. The lowest BCUT2D eigenvalue weighted by atomic mass is 10.1. The largest absolute Gasteiger partial charge is 0.384 e. The summed E-state index contributed by atoms with van der Waals surface area (Å²) in [5, 5.41) is 22.0. The van der Waals surface area contributed by atoms with Gasteiger partial charge in [-0.2, -0.15) is 10.4 Å². The first-order chi connectivity index (χ1) is 16.4. The molecular formula is C25H22FN7O. The molecule has 9 heteroatoms. The van der Waals surface area contributed by atoms with E-state index in [2.05, 4.69) is 25.8 Å². The standard InChI is InChI=1S/C25H22FN7O/c1-15(18-6-8-20(26)9-7-18)32-25(34)21-10-17(11-27)13-30-24(21)29-12-16-2-4-19(5-3-16)22-14-31-33-23(22)28/h2-10,13-15H,12H2,1H3,(H,29,30)(H,32,34)(H3,28,31,33)/t15-/m0/s1. The molecule has 170 valence electrons. The Morgan fingerprint density at radius 3 is 2.56 bits per heavy atom. The summed E-state index contributed by atoms with van der Waals surface area (Å²) in [5.74, 6) is 0.111. The van der Waals surface area contributed by atoms with Crippen molar-refractivity contribution >= 4 is 17.5 Å². The number of nitrogens with two attached hydrogens (primary N) is 1. The van der Waals surface area contributed by atoms with Crippen molar-refractivity contribution in [1.82, 2.24) is 20.5 Å². The van der Waals surface area contributed by atoms with Gasteiger partial charge in [-0.05, 0) is 41.8 Å². The van der Waals surface area contributed by atoms with Crippen LogP contribution in [0.4, 0.5) is 16.0 Å². The van der Waals surface area contributed by atoms with E-state index >= 15 is 0 Å². The van der Waals surface area contributed by atoms with Crippen molar-refractivity contribution < 1.29 is 9.18 Å². The van der Waals surface area contributed by atoms with Gasteiger partial charge in [0.05, 0.1) is 23.4 Å². The van der Waals surface area contributed by atoms with Crippen LogP contribution < -0.4 is 16.4 Å². The van der Waals surface area contributed by atoms with E-state index in [1.807, 2.05) is 30.3 Å². The number of nitrogens with one attached hydrogen (secondary N) is 3. The van der Waals surface area contributed by atoms with Gasteiger partial charge in [0.25, 0.3) is 5.91 Å². The average Bonchev–Trinajstić information content (AvgIpc) is 3.29. The number of anilines is 2. The highest BCUT2D eigenvalue weighted by molar-refractivity contribution is 5.99. The number of nitriles is 1. The molecule has 0 aliphatic rings. The molecule has 0 fully saturated rings. The van der Waals surface area contributed by atoms with Crippen LogP contribution in [0.15, 0.2) is 67.0 Å². The van der Waals surface area contributed by atoms with E-state index in [0.29, 0.717) is 18.2 Å². The van der Waals surface area contributed by atoms with Crippen LogP contribution in [0.2, 0.25) is 0 Å². The molecule has 34 heavy (non-hydrogen) atoms. The third-order valence-corrected chi connectivity index (χ3v) is 5.37. The molecule has 8 nitrogen and oxygen atoms in total. The second-order valence-corrected chi connectivity index (χ2v) is 7.73. The average molecular weight is 455 g/mol. The number of amides is 1. The Balaban J connectivity index is 1.49. The molecule has 1 amide bonds. The van der Waals surface area contributed by atoms with Gasteiger partial charge in [-0.1, -0.05) is 36.4 Å². The fourth-order valence-corrected chi connectivity index (χ4v) is 3.46. The first-order valence-corrected chi connectivity index (χ1v) is 10.5. The number of benzene rings is 2. The zero-order chi connectivity index (χ0) is 24.1. The summed E-state index contributed by atoms with van der Waals surface area (Å²) in [6.45, 7) is 2.21. The Labute approximate surface area is 195 Å². The molecule has 0 bridgehead atoms. The molecule has 4 rings (SSSR count). The minimum atomic E-state index is -0.394. The van der Waals surface area contributed by atoms with Crippen LogP contribution >= 0.6 is 0 Å². The van der Waals surface area contributed by atoms with Crippen molar-refractivity contribution in [1.29, 1.82) is 5.26 Å². The lowest BCUT2D eigenvalue weighted by molar-refractivity contribution is 0.0940. The maximum Gasteiger partial charge on any atom is 0.255 e. The molecule has 0 aliphatic heterocycles. The van der Waals surface area contributed by atoms with Gasteiger partial charge >= 0.3 is 0 Å². The molecule has 0 spiro atoms. The van der Waals surface area contributed by atoms with E-state index in [0.717, 1.165) is 22.3 Å². The Bertz CT molecular complexity index is 1340. The van der Waals surface area contributed by atoms with Gasteiger partial charge in [-0.15, -0.1) is 0 Å². The van der Waals surface area contributed by atoms with E-state index in [1.165, 1.54) is 24.4 Å². The normalized spacial score (nSPS) is 11.4. The molecular weight excluding hydrogens is 433 g/mol. The highest BCUT2D eigenvalue weighted by Crippen LogP contribution is 2.24. The first-order valence-electron chi connectivity index (χ1n) is 10.5. The molecule has 0 radical (unpaired) electrons. The van der Waals surface area contributed by atoms with Crippen molar-refractivity contribution in [2.75, 3.05) is 11.1 Å². The van der Waals surface area contributed by atoms with Crippen LogP contribution in [-0.2, 0) is 6.54 Å². The smallest absolute Gasteiger partial charge is 0.255 e. The van der Waals surface area contributed by atoms with E-state index in [4.69, 9.17) is 5.73 Å². The number of nitrogen functional groups attached to an aromatic ring is 1. The monoisotopic (exact) mass is 455 g/mol. The maximum absolute atomic E-state index is 13.2. The third kappa shape index (κ3) is 5.02. The highest BCUT2D eigenvalue weighted by Gasteiger charge is 2.17. The predicted molar refractivity (Wildman–Crippen MR) is 127 cm³/mol. The van der Waals surface area contributed by atoms with Crippen LogP contribution in [0.3, 0.4) is 0 Å². The lowest BCUT2D eigenvalue weighted by Gasteiger charge is -2.16. The third-order valence-electron chi connectivity index (χ3n) is 5.37. The Morgan fingerprint density at radius 2 is 1.91 bits per heavy atom. The molecule has 0 unspecified atom stereocenters. The Hall–Kier alpha value is -4.71. The van der Waals surface area contributed by atoms with Gasteiger partial charge in [-0.25, -0.2) is 9.37 Å². The second kappa shape index (κ2) is 9.83. The summed E-state index contributed by atoms with van der Waals surface area (Å²) < 4.78 is 13.2. The number of pyridine rings is 1. The first kappa shape index (κ1) is 22.5. The number of aromatic nitrogens is 3. The molecule has 4 aromatic rings. The minimum absolute atomic E-state index is 0.246. The number of carbonyl (C=O) groups excluding carboxylic acids is 1. The topological polar surface area (TPSA) is 133 Å². The summed E-state index contributed by atoms with van der Waals surface area (Å²) in [4.78, 5) is 17.3. The zero-order valence-corrected chi connectivity index (χ0v) is 18.3. The highest BCUT2D eigenvalue weighted by atomic mass is 19.1. The number of halogens is 1. The Morgan fingerprint density at radius 1 is 1.18 bits per heavy atom. The fourth-order valence-electron chi connectivity index (χ4n) is 3.46. The Kier molecular flexibility index (Phi) is 6.50. The summed E-state index contributed by atoms with van der Waals surface area (Å²) in [5.41, 5.74) is 9.86. The quantitative estimate of drug-likeness (QED) is 0.331. The molecule has 2 heterocycles. The molecule has 2 aromatic heterocycles. The van der Waals surface area contributed by atoms with Crippen LogP contribution in [0.1, 0.15) is 40.0 Å². The maximum atomic E-state index is 13.2. The SMILES string of the molecule is C[C@H](NC(=O)c1cc(C#N)cnc1NCc1ccc(-c2cn[nH]c2N)cc1)c1ccc(F)cc1. The molecule has 5 N–H and O–H groups in total. The van der Waals surface area contributed by atoms with Gasteiger partial charge in [0.1, 0.15) is 23.5 Å². The van der Waals surface area contributed by atoms with Gasteiger partial charge in [0.15, 0.2) is 0 Å². The number of nitrogens with zero attached hydrogens (tertiary/aromatic N) is 3. The van der Waals surface area contributed by atoms with Crippen LogP contribution in [0, 0.1) is 17.1 Å². The predicted octanol–water partition coefficient (Wildman–Crippen LogP) is 4.17. The second-order valence-electron chi connectivity index (χ2n) is 7.73. The van der Waals surface area contributed by atoms with Crippen LogP contribution in [-0.4, -0.2) is 21.1 Å². The summed E-state index contributed by atoms with van der Waals surface area (Å²) >= 11 is 0. The molecule has 2 aromatic carbocycles. The van der Waals surface area contributed by atoms with E-state index in [1.54, 1.807) is 25.3 Å². The van der Waals surface area contributed by atoms with Gasteiger partial charge < -0.3 is 16.4 Å². The summed E-state index contributed by atoms with van der Waals surface area (Å²) in [6, 6.07) is 16.8. The van der Waals surface area contributed by atoms with Crippen LogP contribution in [0.25, 0.3) is 11.1 Å². The zero-order valence-electron chi connectivity index (χ0n) is 18.3. The summed E-state index contributed by atoms with van der Waals surface area (Å²) in [6.07, 6.45) is 3.08. The van der Waals surface area contributed by atoms with Crippen molar-refractivity contribution in [2.24, 2.45) is 0 Å². The number of hydrogen-bond acceptors (Lipinski definition) is 6. The number of carbonyl (C=O) groups is 1. The number of rotatable bonds is 7. The van der Waals surface area contributed by atoms with Crippen molar-refractivity contribution in [3.63, 3.8) is 0 Å². The van der Waals surface area contributed by atoms with Crippen molar-refractivity contribution in [3.05, 3.63) is 95.1 Å². The number of H-pyrrole nitrogens is 1. The van der Waals surface area contributed by atoms with Gasteiger partial charge in [0.2, 0.25) is 0 Å². The number of hydrogen-bond donors (Lipinski definition) is 4. The number of aromatic amines is 1. The molecule has 0 saturated carbocycles. The van der Waals surface area contributed by atoms with Gasteiger partial charge in [-0.3, -0.25) is 9.89 Å². The lowest BCUT2D eigenvalue weighted by Crippen LogP contribution is -2.28. The van der Waals surface area contributed by atoms with Crippen LogP contribution in [0.5, 0.6) is 0 Å². The molecule has 0 saturated heterocycles. The summed E-state index contributed by atoms with van der Waals surface area (Å²) in [7, 11) is 0. The molecule has 0 aliphatic carbocycles. The van der Waals surface area contributed by atoms with E-state index in [-0.39, 0.29) is 23.0 Å². The molecule has 1 atom stereocenters. The van der Waals surface area contributed by atoms with Gasteiger partial charge in [0, 0.05) is 18.3 Å². The van der Waals surface area contributed by atoms with E-state index < -0.39 is 5.91 Å². The fraction of sp³-hybridized carbons (Fsp3) is 0.120. The van der Waals surface area contributed by atoms with Crippen molar-refractivity contribution in [3.8, 4) is 17.2 Å². The van der Waals surface area contributed by atoms with E-state index in [9.17, 15) is 14.4 Å².